The van der Waals surface area contributed by atoms with Crippen LogP contribution in [0.4, 0.5) is 0 Å². The first-order chi connectivity index (χ1) is 14.6. The summed E-state index contributed by atoms with van der Waals surface area (Å²) in [5.74, 6) is -0.132. The van der Waals surface area contributed by atoms with Crippen LogP contribution in [0.15, 0.2) is 98.6 Å². The van der Waals surface area contributed by atoms with Crippen molar-refractivity contribution in [2.75, 3.05) is 0 Å². The first-order valence-corrected chi connectivity index (χ1v) is 10.1. The quantitative estimate of drug-likeness (QED) is 0.247. The molecule has 0 aliphatic heterocycles. The van der Waals surface area contributed by atoms with E-state index >= 15 is 0 Å². The molecule has 5 rings (SSSR count). The number of fused-ring (bicyclic) bond motifs is 2. The van der Waals surface area contributed by atoms with Crippen molar-refractivity contribution >= 4 is 43.6 Å². The van der Waals surface area contributed by atoms with E-state index < -0.39 is 5.63 Å². The summed E-state index contributed by atoms with van der Waals surface area (Å²) in [5.41, 5.74) is 2.66. The zero-order valence-corrected chi connectivity index (χ0v) is 17.2. The summed E-state index contributed by atoms with van der Waals surface area (Å²) >= 11 is 3.36. The molecule has 0 saturated heterocycles. The van der Waals surface area contributed by atoms with E-state index in [0.29, 0.717) is 28.0 Å². The minimum absolute atomic E-state index is 0.132. The van der Waals surface area contributed by atoms with Crippen LogP contribution in [0.1, 0.15) is 15.9 Å². The second-order valence-electron chi connectivity index (χ2n) is 6.93. The van der Waals surface area contributed by atoms with Gasteiger partial charge in [0.15, 0.2) is 5.78 Å². The summed E-state index contributed by atoms with van der Waals surface area (Å²) in [7, 11) is 0. The van der Waals surface area contributed by atoms with Crippen molar-refractivity contribution in [1.29, 1.82) is 0 Å². The molecule has 4 nitrogen and oxygen atoms in total. The molecule has 0 N–H and O–H groups in total. The molecule has 0 saturated carbocycles. The molecule has 0 fully saturated rings. The van der Waals surface area contributed by atoms with Crippen LogP contribution in [-0.4, -0.2) is 10.8 Å². The van der Waals surface area contributed by atoms with Gasteiger partial charge in [0.1, 0.15) is 5.58 Å². The smallest absolute Gasteiger partial charge is 0.345 e. The van der Waals surface area contributed by atoms with Gasteiger partial charge in [-0.25, -0.2) is 9.78 Å². The summed E-state index contributed by atoms with van der Waals surface area (Å²) < 4.78 is 6.45. The van der Waals surface area contributed by atoms with Gasteiger partial charge in [-0.3, -0.25) is 4.79 Å². The Morgan fingerprint density at radius 3 is 2.37 bits per heavy atom. The van der Waals surface area contributed by atoms with Crippen LogP contribution >= 0.6 is 15.9 Å². The van der Waals surface area contributed by atoms with Crippen LogP contribution in [0.5, 0.6) is 0 Å². The molecule has 2 aromatic heterocycles. The van der Waals surface area contributed by atoms with Crippen molar-refractivity contribution in [1.82, 2.24) is 4.98 Å². The first-order valence-electron chi connectivity index (χ1n) is 9.33. The average Bonchev–Trinajstić information content (AvgIpc) is 2.78. The summed E-state index contributed by atoms with van der Waals surface area (Å²) in [6.07, 6.45) is 0. The fraction of sp³-hybridized carbons (Fsp3) is 0. The Labute approximate surface area is 179 Å². The van der Waals surface area contributed by atoms with Gasteiger partial charge < -0.3 is 4.42 Å². The second-order valence-corrected chi connectivity index (χ2v) is 7.84. The van der Waals surface area contributed by atoms with Crippen molar-refractivity contribution in [2.24, 2.45) is 0 Å². The Kier molecular flexibility index (Phi) is 4.52. The van der Waals surface area contributed by atoms with Gasteiger partial charge in [0.2, 0.25) is 0 Å². The van der Waals surface area contributed by atoms with Crippen LogP contribution in [-0.2, 0) is 0 Å². The van der Waals surface area contributed by atoms with E-state index in [1.807, 2.05) is 48.5 Å². The fourth-order valence-corrected chi connectivity index (χ4v) is 3.68. The van der Waals surface area contributed by atoms with Crippen LogP contribution in [0, 0.1) is 0 Å². The third-order valence-corrected chi connectivity index (χ3v) is 5.51. The third kappa shape index (κ3) is 3.33. The van der Waals surface area contributed by atoms with Crippen molar-refractivity contribution in [3.63, 3.8) is 0 Å². The molecule has 0 spiro atoms. The highest BCUT2D eigenvalue weighted by Gasteiger charge is 2.14. The predicted octanol–water partition coefficient (Wildman–Crippen LogP) is 6.00. The summed E-state index contributed by atoms with van der Waals surface area (Å²) in [4.78, 5) is 30.0. The maximum Gasteiger partial charge on any atom is 0.345 e. The Hall–Kier alpha value is -3.57. The molecule has 0 unspecified atom stereocenters. The molecular formula is C25H14BrNO3. The number of carbonyl (C=O) groups is 1. The molecule has 0 amide bonds. The van der Waals surface area contributed by atoms with Crippen molar-refractivity contribution in [2.45, 2.75) is 0 Å². The van der Waals surface area contributed by atoms with Gasteiger partial charge in [-0.1, -0.05) is 52.3 Å². The number of hydrogen-bond acceptors (Lipinski definition) is 4. The molecule has 0 aliphatic rings. The van der Waals surface area contributed by atoms with Gasteiger partial charge in [-0.15, -0.1) is 0 Å². The molecule has 0 radical (unpaired) electrons. The number of hydrogen-bond donors (Lipinski definition) is 0. The highest BCUT2D eigenvalue weighted by Crippen LogP contribution is 2.24. The Morgan fingerprint density at radius 1 is 0.800 bits per heavy atom. The van der Waals surface area contributed by atoms with Crippen LogP contribution in [0.3, 0.4) is 0 Å². The molecule has 0 aliphatic carbocycles. The number of carbonyl (C=O) groups excluding carboxylic acids is 1. The zero-order chi connectivity index (χ0) is 20.7. The number of nitrogens with zero attached hydrogens (tertiary/aromatic N) is 1. The molecule has 0 bridgehead atoms. The van der Waals surface area contributed by atoms with Crippen LogP contribution < -0.4 is 5.63 Å². The molecule has 30 heavy (non-hydrogen) atoms. The molecular weight excluding hydrogens is 442 g/mol. The number of benzene rings is 3. The number of halogens is 1. The Balaban J connectivity index is 1.57. The van der Waals surface area contributed by atoms with E-state index in [-0.39, 0.29) is 5.78 Å². The number of pyridine rings is 1. The van der Waals surface area contributed by atoms with Crippen molar-refractivity contribution in [3.05, 3.63) is 111 Å². The van der Waals surface area contributed by atoms with Crippen molar-refractivity contribution < 1.29 is 9.21 Å². The Morgan fingerprint density at radius 2 is 1.53 bits per heavy atom. The van der Waals surface area contributed by atoms with E-state index in [9.17, 15) is 9.59 Å². The van der Waals surface area contributed by atoms with Gasteiger partial charge >= 0.3 is 5.63 Å². The minimum atomic E-state index is -0.487. The fourth-order valence-electron chi connectivity index (χ4n) is 3.41. The average molecular weight is 456 g/mol. The largest absolute Gasteiger partial charge is 0.422 e. The number of ketones is 1. The lowest BCUT2D eigenvalue weighted by Crippen LogP contribution is -2.05. The van der Waals surface area contributed by atoms with Crippen molar-refractivity contribution in [3.8, 4) is 11.3 Å². The standard InChI is InChI=1S/C25H14BrNO3/c26-19-10-7-16(8-11-19)24(28)18-6-5-17-13-20(25(29)30-23(17)14-18)22-12-9-15-3-1-2-4-21(15)27-22/h1-14H. The third-order valence-electron chi connectivity index (χ3n) is 4.98. The molecule has 3 aromatic carbocycles. The maximum absolute atomic E-state index is 12.8. The monoisotopic (exact) mass is 455 g/mol. The predicted molar refractivity (Wildman–Crippen MR) is 121 cm³/mol. The van der Waals surface area contributed by atoms with E-state index in [2.05, 4.69) is 20.9 Å². The van der Waals surface area contributed by atoms with Crippen LogP contribution in [0.25, 0.3) is 33.1 Å². The summed E-state index contributed by atoms with van der Waals surface area (Å²) in [6.45, 7) is 0. The lowest BCUT2D eigenvalue weighted by Gasteiger charge is -2.06. The maximum atomic E-state index is 12.8. The van der Waals surface area contributed by atoms with Crippen LogP contribution in [0.2, 0.25) is 0 Å². The Bertz CT molecular complexity index is 1490. The minimum Gasteiger partial charge on any atom is -0.422 e. The molecule has 0 atom stereocenters. The van der Waals surface area contributed by atoms with Gasteiger partial charge in [-0.05, 0) is 48.5 Å². The molecule has 2 heterocycles. The van der Waals surface area contributed by atoms with Gasteiger partial charge in [0, 0.05) is 26.4 Å². The highest BCUT2D eigenvalue weighted by atomic mass is 79.9. The van der Waals surface area contributed by atoms with Gasteiger partial charge in [0.05, 0.1) is 16.8 Å². The highest BCUT2D eigenvalue weighted by molar-refractivity contribution is 9.10. The van der Waals surface area contributed by atoms with E-state index in [0.717, 1.165) is 20.8 Å². The lowest BCUT2D eigenvalue weighted by molar-refractivity contribution is 0.103. The SMILES string of the molecule is O=C(c1ccc(Br)cc1)c1ccc2cc(-c3ccc4ccccc4n3)c(=O)oc2c1. The van der Waals surface area contributed by atoms with E-state index in [1.54, 1.807) is 36.4 Å². The topological polar surface area (TPSA) is 60.2 Å². The summed E-state index contributed by atoms with van der Waals surface area (Å²) in [6, 6.07) is 25.5. The zero-order valence-electron chi connectivity index (χ0n) is 15.6. The van der Waals surface area contributed by atoms with E-state index in [1.165, 1.54) is 0 Å². The van der Waals surface area contributed by atoms with Gasteiger partial charge in [0.25, 0.3) is 0 Å². The second kappa shape index (κ2) is 7.35. The number of rotatable bonds is 3. The lowest BCUT2D eigenvalue weighted by atomic mass is 10.0. The van der Waals surface area contributed by atoms with Gasteiger partial charge in [-0.2, -0.15) is 0 Å². The molecule has 5 heteroatoms. The number of aromatic nitrogens is 1. The molecule has 5 aromatic rings. The first kappa shape index (κ1) is 18.5. The molecule has 144 valence electrons. The number of para-hydroxylation sites is 1. The summed E-state index contributed by atoms with van der Waals surface area (Å²) in [5, 5.41) is 1.73. The van der Waals surface area contributed by atoms with E-state index in [4.69, 9.17) is 4.42 Å². The normalized spacial score (nSPS) is 11.1.